The zero-order valence-electron chi connectivity index (χ0n) is 26.2. The quantitative estimate of drug-likeness (QED) is 0.130. The number of rotatable bonds is 12. The van der Waals surface area contributed by atoms with Gasteiger partial charge < -0.3 is 0 Å². The van der Waals surface area contributed by atoms with E-state index in [0.717, 1.165) is 34.9 Å². The molecule has 220 valence electrons. The van der Waals surface area contributed by atoms with Gasteiger partial charge in [-0.05, 0) is 83.3 Å². The van der Waals surface area contributed by atoms with Gasteiger partial charge in [0.15, 0.2) is 0 Å². The van der Waals surface area contributed by atoms with E-state index in [1.54, 1.807) is 0 Å². The SMILES string of the molecule is CCCCCCCCc1ccccc1-c1ccc2c(c1-c1ccccc1CCCC)-c1c3c(ccc1=N2)=c1ccccc1=N3. The Morgan fingerprint density at radius 2 is 1.11 bits per heavy atom. The third-order valence-electron chi connectivity index (χ3n) is 9.45. The lowest BCUT2D eigenvalue weighted by Crippen LogP contribution is -2.02. The first kappa shape index (κ1) is 28.5. The average Bonchev–Trinajstić information content (AvgIpc) is 3.64. The first-order valence-electron chi connectivity index (χ1n) is 16.8. The third kappa shape index (κ3) is 5.21. The maximum absolute atomic E-state index is 5.22. The molecule has 2 heteroatoms. The van der Waals surface area contributed by atoms with Crippen molar-refractivity contribution in [3.63, 3.8) is 0 Å². The molecule has 2 aliphatic heterocycles. The van der Waals surface area contributed by atoms with Crippen molar-refractivity contribution in [1.82, 2.24) is 0 Å². The number of hydrogen-bond acceptors (Lipinski definition) is 2. The molecule has 0 unspecified atom stereocenters. The van der Waals surface area contributed by atoms with Gasteiger partial charge in [0.2, 0.25) is 0 Å². The maximum atomic E-state index is 5.22. The molecule has 2 aliphatic rings. The van der Waals surface area contributed by atoms with Gasteiger partial charge in [-0.25, -0.2) is 9.98 Å². The molecule has 7 rings (SSSR count). The van der Waals surface area contributed by atoms with Crippen molar-refractivity contribution in [2.45, 2.75) is 78.1 Å². The zero-order valence-corrected chi connectivity index (χ0v) is 26.2. The fourth-order valence-electron chi connectivity index (χ4n) is 7.19. The highest BCUT2D eigenvalue weighted by molar-refractivity contribution is 6.04. The Kier molecular flexibility index (Phi) is 8.24. The molecule has 5 aromatic carbocycles. The molecular formula is C42H42N2. The van der Waals surface area contributed by atoms with Crippen LogP contribution in [0.2, 0.25) is 0 Å². The van der Waals surface area contributed by atoms with E-state index in [1.165, 1.54) is 106 Å². The number of unbranched alkanes of at least 4 members (excludes halogenated alkanes) is 6. The summed E-state index contributed by atoms with van der Waals surface area (Å²) < 4.78 is 0. The average molecular weight is 575 g/mol. The topological polar surface area (TPSA) is 24.7 Å². The summed E-state index contributed by atoms with van der Waals surface area (Å²) in [5.41, 5.74) is 12.7. The summed E-state index contributed by atoms with van der Waals surface area (Å²) in [6, 6.07) is 35.7. The largest absolute Gasteiger partial charge is 0.248 e. The van der Waals surface area contributed by atoms with Gasteiger partial charge in [0.1, 0.15) is 0 Å². The normalized spacial score (nSPS) is 12.2. The molecule has 0 bridgehead atoms. The second-order valence-electron chi connectivity index (χ2n) is 12.4. The number of nitrogens with zero attached hydrogens (tertiary/aromatic N) is 2. The molecule has 0 radical (unpaired) electrons. The molecule has 0 atom stereocenters. The molecule has 0 saturated heterocycles. The number of benzene rings is 5. The highest BCUT2D eigenvalue weighted by Crippen LogP contribution is 2.50. The van der Waals surface area contributed by atoms with Gasteiger partial charge >= 0.3 is 0 Å². The predicted molar refractivity (Wildman–Crippen MR) is 184 cm³/mol. The molecule has 2 nitrogen and oxygen atoms in total. The number of aryl methyl sites for hydroxylation is 2. The van der Waals surface area contributed by atoms with Crippen molar-refractivity contribution in [3.8, 4) is 33.4 Å². The molecule has 0 aliphatic carbocycles. The summed E-state index contributed by atoms with van der Waals surface area (Å²) in [4.78, 5) is 10.4. The van der Waals surface area contributed by atoms with Gasteiger partial charge in [0.05, 0.1) is 22.1 Å². The third-order valence-corrected chi connectivity index (χ3v) is 9.45. The number of fused-ring (bicyclic) bond motifs is 6. The van der Waals surface area contributed by atoms with Crippen LogP contribution in [-0.2, 0) is 12.8 Å². The Morgan fingerprint density at radius 1 is 0.432 bits per heavy atom. The van der Waals surface area contributed by atoms with Gasteiger partial charge in [0, 0.05) is 21.6 Å². The molecule has 2 heterocycles. The lowest BCUT2D eigenvalue weighted by molar-refractivity contribution is 0.608. The van der Waals surface area contributed by atoms with Crippen LogP contribution in [0.5, 0.6) is 0 Å². The Morgan fingerprint density at radius 3 is 1.95 bits per heavy atom. The molecule has 44 heavy (non-hydrogen) atoms. The van der Waals surface area contributed by atoms with Crippen LogP contribution in [0.15, 0.2) is 107 Å². The first-order valence-corrected chi connectivity index (χ1v) is 16.8. The van der Waals surface area contributed by atoms with Crippen LogP contribution >= 0.6 is 0 Å². The molecule has 0 spiro atoms. The molecule has 0 amide bonds. The smallest absolute Gasteiger partial charge is 0.0817 e. The molecule has 0 fully saturated rings. The van der Waals surface area contributed by atoms with Crippen LogP contribution in [0.4, 0.5) is 11.4 Å². The summed E-state index contributed by atoms with van der Waals surface area (Å²) in [5.74, 6) is 0. The fourth-order valence-corrected chi connectivity index (χ4v) is 7.19. The molecule has 0 saturated carbocycles. The summed E-state index contributed by atoms with van der Waals surface area (Å²) >= 11 is 0. The first-order chi connectivity index (χ1) is 21.8. The van der Waals surface area contributed by atoms with E-state index < -0.39 is 0 Å². The van der Waals surface area contributed by atoms with E-state index in [0.29, 0.717) is 0 Å². The lowest BCUT2D eigenvalue weighted by Gasteiger charge is -2.21. The molecule has 5 aromatic rings. The van der Waals surface area contributed by atoms with Crippen molar-refractivity contribution < 1.29 is 0 Å². The van der Waals surface area contributed by atoms with Gasteiger partial charge in [-0.3, -0.25) is 0 Å². The van der Waals surface area contributed by atoms with E-state index in [2.05, 4.69) is 111 Å². The van der Waals surface area contributed by atoms with E-state index in [-0.39, 0.29) is 0 Å². The fraction of sp³-hybridized carbons (Fsp3) is 0.286. The Labute approximate surface area is 261 Å². The van der Waals surface area contributed by atoms with Crippen molar-refractivity contribution in [2.24, 2.45) is 9.98 Å². The van der Waals surface area contributed by atoms with Crippen LogP contribution in [0.3, 0.4) is 0 Å². The zero-order chi connectivity index (χ0) is 29.9. The van der Waals surface area contributed by atoms with Crippen LogP contribution in [0.25, 0.3) is 33.4 Å². The Hall–Kier alpha value is -4.30. The summed E-state index contributed by atoms with van der Waals surface area (Å²) in [6.07, 6.45) is 12.4. The molecule has 0 N–H and O–H groups in total. The van der Waals surface area contributed by atoms with Crippen LogP contribution in [0, 0.1) is 10.4 Å². The highest BCUT2D eigenvalue weighted by atomic mass is 14.8. The second kappa shape index (κ2) is 12.7. The van der Waals surface area contributed by atoms with Gasteiger partial charge in [-0.1, -0.05) is 125 Å². The van der Waals surface area contributed by atoms with Crippen LogP contribution in [0.1, 0.15) is 76.3 Å². The van der Waals surface area contributed by atoms with Crippen molar-refractivity contribution in [3.05, 3.63) is 129 Å². The van der Waals surface area contributed by atoms with Gasteiger partial charge in [-0.15, -0.1) is 0 Å². The summed E-state index contributed by atoms with van der Waals surface area (Å²) in [5, 5.41) is 4.50. The second-order valence-corrected chi connectivity index (χ2v) is 12.4. The lowest BCUT2D eigenvalue weighted by atomic mass is 9.82. The van der Waals surface area contributed by atoms with Crippen molar-refractivity contribution in [2.75, 3.05) is 0 Å². The standard InChI is InChI=1S/C42H42N2/c1-3-5-7-8-9-10-18-29-19-11-13-21-31(29)34-25-27-37-40(39(34)32-22-14-12-20-30(32)17-6-4-2)41-38(43-37)28-26-35-33-23-15-16-24-36(33)44-42(35)41/h11-16,19-28H,3-10,17-18H2,1-2H3. The maximum Gasteiger partial charge on any atom is 0.0817 e. The highest BCUT2D eigenvalue weighted by Gasteiger charge is 2.27. The molecule has 0 aromatic heterocycles. The van der Waals surface area contributed by atoms with E-state index >= 15 is 0 Å². The van der Waals surface area contributed by atoms with Crippen LogP contribution in [-0.4, -0.2) is 0 Å². The summed E-state index contributed by atoms with van der Waals surface area (Å²) in [7, 11) is 0. The number of hydrogen-bond donors (Lipinski definition) is 0. The predicted octanol–water partition coefficient (Wildman–Crippen LogP) is 10.7. The van der Waals surface area contributed by atoms with Crippen LogP contribution < -0.4 is 10.7 Å². The van der Waals surface area contributed by atoms with E-state index in [9.17, 15) is 0 Å². The molecular weight excluding hydrogens is 532 g/mol. The van der Waals surface area contributed by atoms with E-state index in [4.69, 9.17) is 9.98 Å². The van der Waals surface area contributed by atoms with Crippen molar-refractivity contribution >= 4 is 11.4 Å². The minimum Gasteiger partial charge on any atom is -0.248 e. The van der Waals surface area contributed by atoms with Gasteiger partial charge in [0.25, 0.3) is 0 Å². The van der Waals surface area contributed by atoms with Gasteiger partial charge in [-0.2, -0.15) is 0 Å². The minimum absolute atomic E-state index is 1.03. The minimum atomic E-state index is 1.03. The number of para-hydroxylation sites is 1. The Bertz CT molecular complexity index is 2050. The Balaban J connectivity index is 1.44. The summed E-state index contributed by atoms with van der Waals surface area (Å²) in [6.45, 7) is 4.57. The monoisotopic (exact) mass is 574 g/mol. The van der Waals surface area contributed by atoms with Crippen molar-refractivity contribution in [1.29, 1.82) is 0 Å². The van der Waals surface area contributed by atoms with E-state index in [1.807, 2.05) is 0 Å².